The SMILES string of the molecule is COCCn1ncc(Cl)c1C(C)(O)c1cccs1. The van der Waals surface area contributed by atoms with Gasteiger partial charge in [-0.05, 0) is 18.4 Å². The van der Waals surface area contributed by atoms with Crippen molar-refractivity contribution >= 4 is 22.9 Å². The van der Waals surface area contributed by atoms with Crippen LogP contribution in [0.1, 0.15) is 17.5 Å². The number of hydrogen-bond donors (Lipinski definition) is 1. The van der Waals surface area contributed by atoms with Gasteiger partial charge in [0.05, 0.1) is 30.1 Å². The summed E-state index contributed by atoms with van der Waals surface area (Å²) in [5.41, 5.74) is -0.543. The minimum absolute atomic E-state index is 0.463. The van der Waals surface area contributed by atoms with E-state index in [1.165, 1.54) is 11.3 Å². The van der Waals surface area contributed by atoms with Gasteiger partial charge >= 0.3 is 0 Å². The molecule has 2 heterocycles. The van der Waals surface area contributed by atoms with Gasteiger partial charge in [0.1, 0.15) is 5.60 Å². The summed E-state index contributed by atoms with van der Waals surface area (Å²) in [6.45, 7) is 2.80. The summed E-state index contributed by atoms with van der Waals surface area (Å²) in [6, 6.07) is 3.78. The van der Waals surface area contributed by atoms with Crippen molar-refractivity contribution in [2.45, 2.75) is 19.1 Å². The fourth-order valence-corrected chi connectivity index (χ4v) is 2.98. The minimum atomic E-state index is -1.14. The fraction of sp³-hybridized carbons (Fsp3) is 0.417. The Morgan fingerprint density at radius 2 is 2.39 bits per heavy atom. The molecule has 0 fully saturated rings. The number of ether oxygens (including phenoxy) is 1. The molecular weight excluding hydrogens is 272 g/mol. The number of thiophene rings is 1. The summed E-state index contributed by atoms with van der Waals surface area (Å²) in [4.78, 5) is 0.837. The van der Waals surface area contributed by atoms with E-state index in [1.54, 1.807) is 24.9 Å². The van der Waals surface area contributed by atoms with E-state index < -0.39 is 5.60 Å². The molecule has 0 saturated heterocycles. The van der Waals surface area contributed by atoms with Crippen molar-refractivity contribution in [1.82, 2.24) is 9.78 Å². The van der Waals surface area contributed by atoms with E-state index in [0.717, 1.165) is 4.88 Å². The predicted molar refractivity (Wildman–Crippen MR) is 72.1 cm³/mol. The molecule has 1 atom stereocenters. The Morgan fingerprint density at radius 3 is 3.00 bits per heavy atom. The molecule has 0 aliphatic carbocycles. The van der Waals surface area contributed by atoms with Crippen molar-refractivity contribution in [2.24, 2.45) is 0 Å². The van der Waals surface area contributed by atoms with Crippen molar-refractivity contribution in [2.75, 3.05) is 13.7 Å². The Bertz CT molecular complexity index is 508. The molecule has 1 unspecified atom stereocenters. The van der Waals surface area contributed by atoms with Crippen LogP contribution in [0.5, 0.6) is 0 Å². The van der Waals surface area contributed by atoms with Crippen molar-refractivity contribution in [1.29, 1.82) is 0 Å². The Hall–Kier alpha value is -0.880. The standard InChI is InChI=1S/C12H15ClN2O2S/c1-12(16,10-4-3-7-18-10)11-9(13)8-14-15(11)5-6-17-2/h3-4,7-8,16H,5-6H2,1-2H3. The maximum atomic E-state index is 10.7. The van der Waals surface area contributed by atoms with E-state index in [0.29, 0.717) is 23.9 Å². The molecule has 0 amide bonds. The quantitative estimate of drug-likeness (QED) is 0.919. The zero-order valence-corrected chi connectivity index (χ0v) is 11.8. The van der Waals surface area contributed by atoms with Crippen LogP contribution in [-0.4, -0.2) is 28.6 Å². The number of halogens is 1. The fourth-order valence-electron chi connectivity index (χ4n) is 1.87. The van der Waals surface area contributed by atoms with E-state index in [4.69, 9.17) is 16.3 Å². The van der Waals surface area contributed by atoms with Crippen molar-refractivity contribution in [3.63, 3.8) is 0 Å². The van der Waals surface area contributed by atoms with Crippen molar-refractivity contribution in [3.8, 4) is 0 Å². The third kappa shape index (κ3) is 2.44. The molecule has 98 valence electrons. The number of rotatable bonds is 5. The Labute approximate surface area is 115 Å². The molecule has 6 heteroatoms. The molecule has 2 rings (SSSR count). The summed E-state index contributed by atoms with van der Waals surface area (Å²) in [7, 11) is 1.63. The van der Waals surface area contributed by atoms with E-state index in [2.05, 4.69) is 5.10 Å². The first-order valence-electron chi connectivity index (χ1n) is 5.54. The molecule has 0 spiro atoms. The number of aromatic nitrogens is 2. The van der Waals surface area contributed by atoms with Crippen LogP contribution in [0.4, 0.5) is 0 Å². The van der Waals surface area contributed by atoms with Crippen LogP contribution in [-0.2, 0) is 16.9 Å². The van der Waals surface area contributed by atoms with Gasteiger partial charge in [0.25, 0.3) is 0 Å². The molecule has 2 aromatic heterocycles. The summed E-state index contributed by atoms with van der Waals surface area (Å²) >= 11 is 7.63. The Kier molecular flexibility index (Phi) is 4.07. The van der Waals surface area contributed by atoms with Crippen LogP contribution in [0, 0.1) is 0 Å². The van der Waals surface area contributed by atoms with Crippen molar-refractivity contribution in [3.05, 3.63) is 39.3 Å². The largest absolute Gasteiger partial charge is 0.383 e. The van der Waals surface area contributed by atoms with Crippen LogP contribution in [0.2, 0.25) is 5.02 Å². The van der Waals surface area contributed by atoms with Gasteiger partial charge in [0.2, 0.25) is 0 Å². The van der Waals surface area contributed by atoms with E-state index in [1.807, 2.05) is 17.5 Å². The normalized spacial score (nSPS) is 14.7. The third-order valence-electron chi connectivity index (χ3n) is 2.76. The highest BCUT2D eigenvalue weighted by Gasteiger charge is 2.33. The first-order chi connectivity index (χ1) is 8.57. The van der Waals surface area contributed by atoms with Gasteiger partial charge in [0, 0.05) is 12.0 Å². The molecule has 4 nitrogen and oxygen atoms in total. The molecule has 0 saturated carbocycles. The molecular formula is C12H15ClN2O2S. The van der Waals surface area contributed by atoms with Crippen LogP contribution in [0.25, 0.3) is 0 Å². The second kappa shape index (κ2) is 5.40. The molecule has 0 aliphatic heterocycles. The topological polar surface area (TPSA) is 47.3 Å². The highest BCUT2D eigenvalue weighted by molar-refractivity contribution is 7.10. The van der Waals surface area contributed by atoms with Gasteiger partial charge < -0.3 is 9.84 Å². The lowest BCUT2D eigenvalue weighted by atomic mass is 10.0. The summed E-state index contributed by atoms with van der Waals surface area (Å²) in [5, 5.41) is 17.3. The lowest BCUT2D eigenvalue weighted by Crippen LogP contribution is -2.27. The van der Waals surface area contributed by atoms with Gasteiger partial charge in [-0.2, -0.15) is 5.10 Å². The first-order valence-corrected chi connectivity index (χ1v) is 6.80. The van der Waals surface area contributed by atoms with Crippen molar-refractivity contribution < 1.29 is 9.84 Å². The third-order valence-corrected chi connectivity index (χ3v) is 4.12. The number of nitrogens with zero attached hydrogens (tertiary/aromatic N) is 2. The van der Waals surface area contributed by atoms with Gasteiger partial charge in [0.15, 0.2) is 0 Å². The van der Waals surface area contributed by atoms with E-state index in [-0.39, 0.29) is 0 Å². The summed E-state index contributed by atoms with van der Waals surface area (Å²) < 4.78 is 6.72. The Morgan fingerprint density at radius 1 is 1.61 bits per heavy atom. The van der Waals surface area contributed by atoms with Crippen LogP contribution in [0.3, 0.4) is 0 Å². The highest BCUT2D eigenvalue weighted by atomic mass is 35.5. The zero-order chi connectivity index (χ0) is 13.2. The molecule has 18 heavy (non-hydrogen) atoms. The molecule has 0 aliphatic rings. The second-order valence-electron chi connectivity index (χ2n) is 4.11. The van der Waals surface area contributed by atoms with E-state index in [9.17, 15) is 5.11 Å². The summed E-state index contributed by atoms with van der Waals surface area (Å²) in [5.74, 6) is 0. The lowest BCUT2D eigenvalue weighted by molar-refractivity contribution is 0.0921. The smallest absolute Gasteiger partial charge is 0.139 e. The molecule has 0 radical (unpaired) electrons. The first kappa shape index (κ1) is 13.5. The maximum absolute atomic E-state index is 10.7. The van der Waals surface area contributed by atoms with Crippen LogP contribution in [0.15, 0.2) is 23.7 Å². The van der Waals surface area contributed by atoms with Crippen LogP contribution < -0.4 is 0 Å². The van der Waals surface area contributed by atoms with Gasteiger partial charge in [-0.25, -0.2) is 0 Å². The zero-order valence-electron chi connectivity index (χ0n) is 10.3. The van der Waals surface area contributed by atoms with E-state index >= 15 is 0 Å². The second-order valence-corrected chi connectivity index (χ2v) is 5.46. The van der Waals surface area contributed by atoms with Gasteiger partial charge in [-0.15, -0.1) is 11.3 Å². The molecule has 1 N–H and O–H groups in total. The summed E-state index contributed by atoms with van der Waals surface area (Å²) in [6.07, 6.45) is 1.55. The van der Waals surface area contributed by atoms with Crippen LogP contribution >= 0.6 is 22.9 Å². The number of methoxy groups -OCH3 is 1. The highest BCUT2D eigenvalue weighted by Crippen LogP contribution is 2.36. The lowest BCUT2D eigenvalue weighted by Gasteiger charge is -2.23. The average Bonchev–Trinajstić information content (AvgIpc) is 2.95. The average molecular weight is 287 g/mol. The molecule has 2 aromatic rings. The maximum Gasteiger partial charge on any atom is 0.139 e. The predicted octanol–water partition coefficient (Wildman–Crippen LogP) is 2.50. The minimum Gasteiger partial charge on any atom is -0.383 e. The van der Waals surface area contributed by atoms with Gasteiger partial charge in [-0.3, -0.25) is 4.68 Å². The molecule has 0 aromatic carbocycles. The number of aliphatic hydroxyl groups is 1. The number of hydrogen-bond acceptors (Lipinski definition) is 4. The Balaban J connectivity index is 2.40. The molecule has 0 bridgehead atoms. The monoisotopic (exact) mass is 286 g/mol. The van der Waals surface area contributed by atoms with Gasteiger partial charge in [-0.1, -0.05) is 17.7 Å².